The molecule has 0 saturated heterocycles. The molecule has 6 heteroatoms. The summed E-state index contributed by atoms with van der Waals surface area (Å²) in [6, 6.07) is 3.05. The first-order valence-electron chi connectivity index (χ1n) is 4.00. The van der Waals surface area contributed by atoms with Crippen molar-refractivity contribution in [2.45, 2.75) is 0 Å². The van der Waals surface area contributed by atoms with Gasteiger partial charge in [0, 0.05) is 11.2 Å². The standard InChI is InChI=1S/C9H5ClN2O3/c10-5-1-2-12-7(3-5)6(4-13)8(11-12)9(14)15/h1-4H,(H,14,15). The van der Waals surface area contributed by atoms with Crippen LogP contribution in [0.5, 0.6) is 0 Å². The molecule has 5 nitrogen and oxygen atoms in total. The quantitative estimate of drug-likeness (QED) is 0.785. The molecule has 2 rings (SSSR count). The highest BCUT2D eigenvalue weighted by molar-refractivity contribution is 6.31. The summed E-state index contributed by atoms with van der Waals surface area (Å²) in [5.74, 6) is -1.24. The summed E-state index contributed by atoms with van der Waals surface area (Å²) in [7, 11) is 0. The minimum atomic E-state index is -1.24. The van der Waals surface area contributed by atoms with E-state index in [1.165, 1.54) is 16.8 Å². The maximum absolute atomic E-state index is 10.8. The van der Waals surface area contributed by atoms with Crippen LogP contribution in [0.3, 0.4) is 0 Å². The third-order valence-electron chi connectivity index (χ3n) is 1.96. The van der Waals surface area contributed by atoms with E-state index >= 15 is 0 Å². The van der Waals surface area contributed by atoms with Crippen LogP contribution in [0.2, 0.25) is 5.02 Å². The lowest BCUT2D eigenvalue weighted by Crippen LogP contribution is -2.00. The van der Waals surface area contributed by atoms with Crippen molar-refractivity contribution in [1.82, 2.24) is 9.61 Å². The Labute approximate surface area is 88.9 Å². The lowest BCUT2D eigenvalue weighted by molar-refractivity contribution is 0.0687. The third-order valence-corrected chi connectivity index (χ3v) is 2.19. The number of nitrogens with zero attached hydrogens (tertiary/aromatic N) is 2. The molecule has 0 bridgehead atoms. The van der Waals surface area contributed by atoms with E-state index in [1.54, 1.807) is 6.07 Å². The molecule has 15 heavy (non-hydrogen) atoms. The van der Waals surface area contributed by atoms with Crippen molar-refractivity contribution < 1.29 is 14.7 Å². The monoisotopic (exact) mass is 224 g/mol. The van der Waals surface area contributed by atoms with E-state index in [-0.39, 0.29) is 11.3 Å². The Morgan fingerprint density at radius 1 is 1.60 bits per heavy atom. The summed E-state index contributed by atoms with van der Waals surface area (Å²) in [6.45, 7) is 0. The van der Waals surface area contributed by atoms with E-state index in [2.05, 4.69) is 5.10 Å². The number of carbonyl (C=O) groups excluding carboxylic acids is 1. The topological polar surface area (TPSA) is 71.7 Å². The number of carboxylic acids is 1. The normalized spacial score (nSPS) is 10.5. The number of fused-ring (bicyclic) bond motifs is 1. The molecule has 0 aliphatic rings. The average Bonchev–Trinajstić information content (AvgIpc) is 2.55. The summed E-state index contributed by atoms with van der Waals surface area (Å²) >= 11 is 5.73. The summed E-state index contributed by atoms with van der Waals surface area (Å²) < 4.78 is 1.30. The van der Waals surface area contributed by atoms with Gasteiger partial charge in [-0.1, -0.05) is 11.6 Å². The molecule has 2 aromatic rings. The minimum Gasteiger partial charge on any atom is -0.476 e. The number of hydrogen-bond donors (Lipinski definition) is 1. The van der Waals surface area contributed by atoms with E-state index in [0.29, 0.717) is 16.8 Å². The Morgan fingerprint density at radius 3 is 2.93 bits per heavy atom. The molecular formula is C9H5ClN2O3. The highest BCUT2D eigenvalue weighted by Crippen LogP contribution is 2.18. The fraction of sp³-hybridized carbons (Fsp3) is 0. The first-order chi connectivity index (χ1) is 7.13. The first kappa shape index (κ1) is 9.67. The van der Waals surface area contributed by atoms with Crippen LogP contribution in [0.15, 0.2) is 18.3 Å². The zero-order chi connectivity index (χ0) is 11.0. The van der Waals surface area contributed by atoms with E-state index in [4.69, 9.17) is 16.7 Å². The largest absolute Gasteiger partial charge is 0.476 e. The lowest BCUT2D eigenvalue weighted by atomic mass is 10.2. The van der Waals surface area contributed by atoms with Crippen LogP contribution in [-0.2, 0) is 0 Å². The number of halogens is 1. The van der Waals surface area contributed by atoms with Gasteiger partial charge in [-0.05, 0) is 12.1 Å². The molecule has 2 heterocycles. The van der Waals surface area contributed by atoms with E-state index in [0.717, 1.165) is 0 Å². The molecule has 0 aromatic carbocycles. The van der Waals surface area contributed by atoms with Crippen LogP contribution in [0.4, 0.5) is 0 Å². The molecule has 0 spiro atoms. The van der Waals surface area contributed by atoms with Crippen LogP contribution < -0.4 is 0 Å². The van der Waals surface area contributed by atoms with Gasteiger partial charge in [0.25, 0.3) is 0 Å². The van der Waals surface area contributed by atoms with Crippen LogP contribution in [-0.4, -0.2) is 27.0 Å². The predicted molar refractivity (Wildman–Crippen MR) is 52.5 cm³/mol. The lowest BCUT2D eigenvalue weighted by Gasteiger charge is -1.92. The van der Waals surface area contributed by atoms with Crippen molar-refractivity contribution in [3.63, 3.8) is 0 Å². The average molecular weight is 225 g/mol. The van der Waals surface area contributed by atoms with Gasteiger partial charge in [0.2, 0.25) is 0 Å². The molecule has 0 saturated carbocycles. The molecule has 0 fully saturated rings. The molecule has 1 N–H and O–H groups in total. The Balaban J connectivity index is 2.85. The second-order valence-corrected chi connectivity index (χ2v) is 3.30. The zero-order valence-electron chi connectivity index (χ0n) is 7.35. The predicted octanol–water partition coefficient (Wildman–Crippen LogP) is 1.50. The number of carbonyl (C=O) groups is 2. The number of hydrogen-bond acceptors (Lipinski definition) is 3. The Kier molecular flexibility index (Phi) is 2.17. The van der Waals surface area contributed by atoms with Crippen molar-refractivity contribution in [1.29, 1.82) is 0 Å². The summed E-state index contributed by atoms with van der Waals surface area (Å²) in [5, 5.41) is 13.0. The summed E-state index contributed by atoms with van der Waals surface area (Å²) in [6.07, 6.45) is 1.96. The van der Waals surface area contributed by atoms with Crippen LogP contribution in [0, 0.1) is 0 Å². The van der Waals surface area contributed by atoms with E-state index in [1.807, 2.05) is 0 Å². The van der Waals surface area contributed by atoms with Crippen molar-refractivity contribution in [2.24, 2.45) is 0 Å². The molecule has 0 amide bonds. The molecule has 0 aliphatic heterocycles. The molecule has 0 atom stereocenters. The van der Waals surface area contributed by atoms with Gasteiger partial charge < -0.3 is 5.11 Å². The van der Waals surface area contributed by atoms with Gasteiger partial charge in [0.15, 0.2) is 12.0 Å². The highest BCUT2D eigenvalue weighted by Gasteiger charge is 2.17. The molecule has 76 valence electrons. The fourth-order valence-electron chi connectivity index (χ4n) is 1.31. The number of aromatic nitrogens is 2. The van der Waals surface area contributed by atoms with Crippen LogP contribution >= 0.6 is 11.6 Å². The highest BCUT2D eigenvalue weighted by atomic mass is 35.5. The minimum absolute atomic E-state index is 0.0324. The number of pyridine rings is 1. The number of aldehydes is 1. The van der Waals surface area contributed by atoms with E-state index < -0.39 is 5.97 Å². The smallest absolute Gasteiger partial charge is 0.357 e. The van der Waals surface area contributed by atoms with Crippen molar-refractivity contribution in [3.8, 4) is 0 Å². The van der Waals surface area contributed by atoms with Gasteiger partial charge in [0.1, 0.15) is 0 Å². The van der Waals surface area contributed by atoms with Gasteiger partial charge in [-0.15, -0.1) is 0 Å². The second kappa shape index (κ2) is 3.36. The molecule has 0 unspecified atom stereocenters. The number of carboxylic acid groups (broad SMARTS) is 1. The van der Waals surface area contributed by atoms with Crippen molar-refractivity contribution >= 4 is 29.4 Å². The number of aromatic carboxylic acids is 1. The molecule has 0 radical (unpaired) electrons. The zero-order valence-corrected chi connectivity index (χ0v) is 8.10. The van der Waals surface area contributed by atoms with Crippen molar-refractivity contribution in [3.05, 3.63) is 34.6 Å². The van der Waals surface area contributed by atoms with Gasteiger partial charge in [-0.25, -0.2) is 9.31 Å². The Bertz CT molecular complexity index is 562. The van der Waals surface area contributed by atoms with Gasteiger partial charge in [-0.3, -0.25) is 4.79 Å². The SMILES string of the molecule is O=Cc1c(C(=O)O)nn2ccc(Cl)cc12. The fourth-order valence-corrected chi connectivity index (χ4v) is 1.47. The maximum atomic E-state index is 10.8. The number of rotatable bonds is 2. The molecule has 0 aliphatic carbocycles. The third kappa shape index (κ3) is 1.46. The van der Waals surface area contributed by atoms with Gasteiger partial charge >= 0.3 is 5.97 Å². The van der Waals surface area contributed by atoms with Gasteiger partial charge in [-0.2, -0.15) is 5.10 Å². The van der Waals surface area contributed by atoms with Crippen molar-refractivity contribution in [2.75, 3.05) is 0 Å². The molecule has 2 aromatic heterocycles. The Morgan fingerprint density at radius 2 is 2.33 bits per heavy atom. The van der Waals surface area contributed by atoms with Gasteiger partial charge in [0.05, 0.1) is 11.1 Å². The van der Waals surface area contributed by atoms with E-state index in [9.17, 15) is 9.59 Å². The summed E-state index contributed by atoms with van der Waals surface area (Å²) in [4.78, 5) is 21.5. The maximum Gasteiger partial charge on any atom is 0.357 e. The Hall–Kier alpha value is -1.88. The van der Waals surface area contributed by atoms with Crippen LogP contribution in [0.25, 0.3) is 5.52 Å². The second-order valence-electron chi connectivity index (χ2n) is 2.86. The summed E-state index contributed by atoms with van der Waals surface area (Å²) in [5.41, 5.74) is 0.146. The molecular weight excluding hydrogens is 220 g/mol. The van der Waals surface area contributed by atoms with Crippen LogP contribution in [0.1, 0.15) is 20.8 Å². The first-order valence-corrected chi connectivity index (χ1v) is 4.37.